The van der Waals surface area contributed by atoms with Gasteiger partial charge in [-0.2, -0.15) is 13.2 Å². The second-order valence-electron chi connectivity index (χ2n) is 5.58. The van der Waals surface area contributed by atoms with Gasteiger partial charge in [-0.25, -0.2) is 0 Å². The fraction of sp³-hybridized carbons (Fsp3) is 0.692. The Morgan fingerprint density at radius 1 is 1.33 bits per heavy atom. The van der Waals surface area contributed by atoms with Crippen LogP contribution in [0.25, 0.3) is 0 Å². The van der Waals surface area contributed by atoms with Crippen LogP contribution in [0.3, 0.4) is 0 Å². The Kier molecular flexibility index (Phi) is 2.89. The van der Waals surface area contributed by atoms with Crippen LogP contribution in [0, 0.1) is 11.8 Å². The Morgan fingerprint density at radius 2 is 2.00 bits per heavy atom. The highest BCUT2D eigenvalue weighted by Crippen LogP contribution is 2.39. The van der Waals surface area contributed by atoms with E-state index in [2.05, 4.69) is 15.5 Å². The molecule has 2 aliphatic rings. The lowest BCUT2D eigenvalue weighted by Crippen LogP contribution is -2.32. The number of anilines is 1. The minimum Gasteiger partial charge on any atom is -0.355 e. The number of fused-ring (bicyclic) bond motifs is 1. The Hall–Kier alpha value is -1.08. The molecule has 2 unspecified atom stereocenters. The molecule has 0 radical (unpaired) electrons. The average Bonchev–Trinajstić information content (AvgIpc) is 2.99. The SMILES string of the molecule is [2H]C([2H])([2H])N(c1cc(C(F)(F)F)c(Cl)nn1)C1CC2CNCC2C1. The van der Waals surface area contributed by atoms with Gasteiger partial charge in [0.2, 0.25) is 0 Å². The molecule has 4 nitrogen and oxygen atoms in total. The van der Waals surface area contributed by atoms with Crippen LogP contribution < -0.4 is 10.2 Å². The molecule has 1 saturated carbocycles. The number of alkyl halides is 3. The second-order valence-corrected chi connectivity index (χ2v) is 5.94. The predicted molar refractivity (Wildman–Crippen MR) is 73.3 cm³/mol. The normalized spacial score (nSPS) is 31.4. The van der Waals surface area contributed by atoms with Crippen molar-refractivity contribution in [1.82, 2.24) is 15.5 Å². The standard InChI is InChI=1S/C13H16ClF3N4/c1-21(9-2-7-5-18-6-8(7)3-9)11-4-10(13(15,16)17)12(14)20-19-11/h4,7-9,18H,2-3,5-6H2,1H3/i1D3. The van der Waals surface area contributed by atoms with E-state index in [1.165, 1.54) is 0 Å². The molecule has 2 fully saturated rings. The van der Waals surface area contributed by atoms with Crippen molar-refractivity contribution in [3.8, 4) is 0 Å². The summed E-state index contributed by atoms with van der Waals surface area (Å²) < 4.78 is 62.3. The number of rotatable bonds is 2. The van der Waals surface area contributed by atoms with Gasteiger partial charge < -0.3 is 10.2 Å². The third kappa shape index (κ3) is 2.81. The first-order chi connectivity index (χ1) is 11.1. The molecular formula is C13H16ClF3N4. The van der Waals surface area contributed by atoms with Crippen LogP contribution in [0.15, 0.2) is 6.07 Å². The summed E-state index contributed by atoms with van der Waals surface area (Å²) in [5, 5.41) is 9.40. The molecule has 1 saturated heterocycles. The Balaban J connectivity index is 1.96. The van der Waals surface area contributed by atoms with Gasteiger partial charge in [-0.1, -0.05) is 11.6 Å². The molecule has 1 N–H and O–H groups in total. The molecule has 0 amide bonds. The molecular weight excluding hydrogens is 305 g/mol. The van der Waals surface area contributed by atoms with Crippen molar-refractivity contribution in [1.29, 1.82) is 0 Å². The van der Waals surface area contributed by atoms with E-state index in [1.54, 1.807) is 0 Å². The molecule has 2 atom stereocenters. The highest BCUT2D eigenvalue weighted by atomic mass is 35.5. The van der Waals surface area contributed by atoms with Crippen molar-refractivity contribution < 1.29 is 17.3 Å². The highest BCUT2D eigenvalue weighted by Gasteiger charge is 2.40. The summed E-state index contributed by atoms with van der Waals surface area (Å²) in [6.45, 7) is -1.01. The first-order valence-corrected chi connectivity index (χ1v) is 7.05. The van der Waals surface area contributed by atoms with E-state index in [4.69, 9.17) is 15.7 Å². The molecule has 1 aliphatic carbocycles. The largest absolute Gasteiger partial charge is 0.419 e. The van der Waals surface area contributed by atoms with Crippen LogP contribution in [-0.2, 0) is 6.18 Å². The lowest BCUT2D eigenvalue weighted by atomic mass is 10.0. The molecule has 0 spiro atoms. The van der Waals surface area contributed by atoms with E-state index in [9.17, 15) is 13.2 Å². The summed E-state index contributed by atoms with van der Waals surface area (Å²) in [4.78, 5) is 0.990. The topological polar surface area (TPSA) is 41.1 Å². The van der Waals surface area contributed by atoms with Crippen molar-refractivity contribution in [2.45, 2.75) is 25.1 Å². The highest BCUT2D eigenvalue weighted by molar-refractivity contribution is 6.30. The zero-order valence-electron chi connectivity index (χ0n) is 14.0. The van der Waals surface area contributed by atoms with Crippen LogP contribution in [0.1, 0.15) is 22.5 Å². The molecule has 1 aliphatic heterocycles. The summed E-state index contributed by atoms with van der Waals surface area (Å²) in [5.74, 6) is 0.356. The monoisotopic (exact) mass is 323 g/mol. The maximum atomic E-state index is 13.0. The fourth-order valence-corrected chi connectivity index (χ4v) is 3.41. The van der Waals surface area contributed by atoms with Gasteiger partial charge in [0.1, 0.15) is 0 Å². The number of aromatic nitrogens is 2. The van der Waals surface area contributed by atoms with Crippen molar-refractivity contribution in [3.05, 3.63) is 16.8 Å². The van der Waals surface area contributed by atoms with Crippen LogP contribution in [0.5, 0.6) is 0 Å². The van der Waals surface area contributed by atoms with E-state index < -0.39 is 29.9 Å². The maximum Gasteiger partial charge on any atom is 0.419 e. The number of nitrogens with one attached hydrogen (secondary N) is 1. The van der Waals surface area contributed by atoms with Gasteiger partial charge in [0.25, 0.3) is 0 Å². The summed E-state index contributed by atoms with van der Waals surface area (Å²) in [5.41, 5.74) is -1.18. The van der Waals surface area contributed by atoms with Crippen LogP contribution >= 0.6 is 11.6 Å². The van der Waals surface area contributed by atoms with E-state index in [-0.39, 0.29) is 5.82 Å². The van der Waals surface area contributed by atoms with Gasteiger partial charge in [0.15, 0.2) is 11.0 Å². The number of hydrogen-bond acceptors (Lipinski definition) is 4. The van der Waals surface area contributed by atoms with Gasteiger partial charge in [-0.3, -0.25) is 0 Å². The number of halogens is 4. The van der Waals surface area contributed by atoms with Crippen molar-refractivity contribution in [3.63, 3.8) is 0 Å². The van der Waals surface area contributed by atoms with E-state index >= 15 is 0 Å². The molecule has 21 heavy (non-hydrogen) atoms. The van der Waals surface area contributed by atoms with Crippen molar-refractivity contribution >= 4 is 17.4 Å². The Morgan fingerprint density at radius 3 is 2.57 bits per heavy atom. The molecule has 8 heteroatoms. The third-order valence-electron chi connectivity index (χ3n) is 4.28. The molecule has 2 heterocycles. The fourth-order valence-electron chi connectivity index (χ4n) is 3.22. The minimum absolute atomic E-state index is 0.315. The summed E-state index contributed by atoms with van der Waals surface area (Å²) in [6, 6.07) is 0.278. The van der Waals surface area contributed by atoms with Gasteiger partial charge in [0.05, 0.1) is 5.56 Å². The number of hydrogen-bond donors (Lipinski definition) is 1. The molecule has 0 bridgehead atoms. The first kappa shape index (κ1) is 11.5. The van der Waals surface area contributed by atoms with E-state index in [0.29, 0.717) is 30.7 Å². The molecule has 3 rings (SSSR count). The summed E-state index contributed by atoms with van der Waals surface area (Å²) >= 11 is 5.48. The molecule has 1 aromatic heterocycles. The van der Waals surface area contributed by atoms with Gasteiger partial charge in [-0.15, -0.1) is 10.2 Å². The Bertz CT molecular complexity index is 613. The van der Waals surface area contributed by atoms with E-state index in [0.717, 1.165) is 18.0 Å². The number of nitrogens with zero attached hydrogens (tertiary/aromatic N) is 3. The van der Waals surface area contributed by atoms with Crippen molar-refractivity contribution in [2.24, 2.45) is 11.8 Å². The van der Waals surface area contributed by atoms with Gasteiger partial charge in [-0.05, 0) is 43.8 Å². The van der Waals surface area contributed by atoms with Gasteiger partial charge >= 0.3 is 6.18 Å². The quantitative estimate of drug-likeness (QED) is 0.908. The smallest absolute Gasteiger partial charge is 0.355 e. The van der Waals surface area contributed by atoms with Gasteiger partial charge in [0, 0.05) is 17.1 Å². The van der Waals surface area contributed by atoms with Crippen LogP contribution in [0.4, 0.5) is 19.0 Å². The second kappa shape index (κ2) is 5.28. The summed E-state index contributed by atoms with van der Waals surface area (Å²) in [7, 11) is 0. The summed E-state index contributed by atoms with van der Waals surface area (Å²) in [6.07, 6.45) is -3.53. The first-order valence-electron chi connectivity index (χ1n) is 8.18. The molecule has 0 aromatic carbocycles. The minimum atomic E-state index is -4.72. The predicted octanol–water partition coefficient (Wildman–Crippen LogP) is 2.58. The molecule has 1 aromatic rings. The van der Waals surface area contributed by atoms with Crippen LogP contribution in [-0.4, -0.2) is 36.3 Å². The van der Waals surface area contributed by atoms with Crippen LogP contribution in [0.2, 0.25) is 5.15 Å². The molecule has 116 valence electrons. The third-order valence-corrected chi connectivity index (χ3v) is 4.56. The average molecular weight is 324 g/mol. The zero-order valence-corrected chi connectivity index (χ0v) is 11.7. The maximum absolute atomic E-state index is 13.0. The Labute approximate surface area is 129 Å². The lowest BCUT2D eigenvalue weighted by molar-refractivity contribution is -0.137. The lowest BCUT2D eigenvalue weighted by Gasteiger charge is -2.26. The van der Waals surface area contributed by atoms with E-state index in [1.807, 2.05) is 0 Å². The van der Waals surface area contributed by atoms with Crippen molar-refractivity contribution in [2.75, 3.05) is 25.0 Å². The zero-order chi connectivity index (χ0) is 17.7.